The summed E-state index contributed by atoms with van der Waals surface area (Å²) >= 11 is 0. The number of rotatable bonds is 5. The Balaban J connectivity index is 1.65. The summed E-state index contributed by atoms with van der Waals surface area (Å²) < 4.78 is 82.9. The SMILES string of the molecule is COc1ccc(-c2cc(CNC(=O)c3ccc(C(F)(F)F)nc3)cc3cc(C(F)(F)F)[nH]c23)cn1. The number of pyridine rings is 2. The van der Waals surface area contributed by atoms with Gasteiger partial charge in [0.2, 0.25) is 5.88 Å². The Kier molecular flexibility index (Phi) is 6.14. The summed E-state index contributed by atoms with van der Waals surface area (Å²) in [7, 11) is 1.43. The van der Waals surface area contributed by atoms with Crippen LogP contribution in [0.2, 0.25) is 0 Å². The molecule has 35 heavy (non-hydrogen) atoms. The van der Waals surface area contributed by atoms with Gasteiger partial charge in [0.25, 0.3) is 5.91 Å². The van der Waals surface area contributed by atoms with Crippen molar-refractivity contribution in [3.05, 3.63) is 77.4 Å². The van der Waals surface area contributed by atoms with Crippen molar-refractivity contribution in [2.24, 2.45) is 0 Å². The van der Waals surface area contributed by atoms with Crippen molar-refractivity contribution >= 4 is 16.8 Å². The standard InChI is InChI=1S/C23H16F6N4O2/c1-35-19-5-3-13(10-31-19)16-7-12(6-15-8-18(23(27,28)29)33-20(15)16)9-32-21(34)14-2-4-17(30-11-14)22(24,25)26/h2-8,10-11,33H,9H2,1H3,(H,32,34). The van der Waals surface area contributed by atoms with E-state index in [-0.39, 0.29) is 23.0 Å². The van der Waals surface area contributed by atoms with Crippen molar-refractivity contribution in [2.75, 3.05) is 7.11 Å². The van der Waals surface area contributed by atoms with Gasteiger partial charge >= 0.3 is 12.4 Å². The molecule has 0 unspecified atom stereocenters. The molecule has 0 spiro atoms. The molecule has 0 atom stereocenters. The van der Waals surface area contributed by atoms with Crippen LogP contribution in [0.15, 0.2) is 54.9 Å². The number of nitrogens with zero attached hydrogens (tertiary/aromatic N) is 2. The van der Waals surface area contributed by atoms with Gasteiger partial charge in [-0.05, 0) is 42.0 Å². The van der Waals surface area contributed by atoms with Gasteiger partial charge in [0.1, 0.15) is 11.4 Å². The number of fused-ring (bicyclic) bond motifs is 1. The third-order valence-electron chi connectivity index (χ3n) is 5.12. The average Bonchev–Trinajstić information content (AvgIpc) is 3.26. The fourth-order valence-electron chi connectivity index (χ4n) is 3.43. The fourth-order valence-corrected chi connectivity index (χ4v) is 3.43. The lowest BCUT2D eigenvalue weighted by Crippen LogP contribution is -2.23. The molecule has 4 rings (SSSR count). The van der Waals surface area contributed by atoms with E-state index in [0.717, 1.165) is 18.3 Å². The summed E-state index contributed by atoms with van der Waals surface area (Å²) in [6.45, 7) is -0.0983. The zero-order valence-electron chi connectivity index (χ0n) is 17.9. The van der Waals surface area contributed by atoms with Crippen LogP contribution in [-0.2, 0) is 18.9 Å². The van der Waals surface area contributed by atoms with Crippen molar-refractivity contribution < 1.29 is 35.9 Å². The highest BCUT2D eigenvalue weighted by Gasteiger charge is 2.33. The number of nitrogens with one attached hydrogen (secondary N) is 2. The van der Waals surface area contributed by atoms with E-state index in [2.05, 4.69) is 20.3 Å². The lowest BCUT2D eigenvalue weighted by Gasteiger charge is -2.11. The topological polar surface area (TPSA) is 79.9 Å². The van der Waals surface area contributed by atoms with Crippen molar-refractivity contribution in [3.8, 4) is 17.0 Å². The average molecular weight is 494 g/mol. The van der Waals surface area contributed by atoms with Gasteiger partial charge in [-0.3, -0.25) is 9.78 Å². The first-order valence-electron chi connectivity index (χ1n) is 10.0. The second kappa shape index (κ2) is 8.93. The van der Waals surface area contributed by atoms with Gasteiger partial charge in [-0.15, -0.1) is 0 Å². The van der Waals surface area contributed by atoms with Gasteiger partial charge in [-0.2, -0.15) is 26.3 Å². The van der Waals surface area contributed by atoms with E-state index in [1.54, 1.807) is 18.2 Å². The van der Waals surface area contributed by atoms with Gasteiger partial charge in [0, 0.05) is 41.5 Å². The first-order valence-corrected chi connectivity index (χ1v) is 10.0. The van der Waals surface area contributed by atoms with Gasteiger partial charge in [-0.1, -0.05) is 0 Å². The van der Waals surface area contributed by atoms with E-state index in [9.17, 15) is 31.1 Å². The number of hydrogen-bond acceptors (Lipinski definition) is 4. The lowest BCUT2D eigenvalue weighted by molar-refractivity contribution is -0.141. The van der Waals surface area contributed by atoms with Gasteiger partial charge in [-0.25, -0.2) is 4.98 Å². The van der Waals surface area contributed by atoms with Crippen LogP contribution in [0, 0.1) is 0 Å². The summed E-state index contributed by atoms with van der Waals surface area (Å²) in [4.78, 5) is 22.1. The molecule has 0 aliphatic rings. The van der Waals surface area contributed by atoms with Crippen LogP contribution < -0.4 is 10.1 Å². The third-order valence-corrected chi connectivity index (χ3v) is 5.12. The fraction of sp³-hybridized carbons (Fsp3) is 0.174. The smallest absolute Gasteiger partial charge is 0.433 e. The largest absolute Gasteiger partial charge is 0.481 e. The molecule has 2 N–H and O–H groups in total. The van der Waals surface area contributed by atoms with Gasteiger partial charge in [0.05, 0.1) is 18.2 Å². The van der Waals surface area contributed by atoms with Crippen LogP contribution in [0.4, 0.5) is 26.3 Å². The maximum absolute atomic E-state index is 13.3. The lowest BCUT2D eigenvalue weighted by atomic mass is 10.0. The van der Waals surface area contributed by atoms with E-state index in [1.807, 2.05) is 0 Å². The molecule has 0 saturated carbocycles. The third kappa shape index (κ3) is 5.20. The molecule has 0 aliphatic carbocycles. The van der Waals surface area contributed by atoms with E-state index in [0.29, 0.717) is 28.6 Å². The van der Waals surface area contributed by atoms with E-state index >= 15 is 0 Å². The van der Waals surface area contributed by atoms with Crippen LogP contribution in [0.3, 0.4) is 0 Å². The Hall–Kier alpha value is -4.09. The second-order valence-electron chi connectivity index (χ2n) is 7.49. The number of carbonyl (C=O) groups is 1. The predicted octanol–water partition coefficient (Wildman–Crippen LogP) is 5.60. The van der Waals surface area contributed by atoms with Crippen LogP contribution in [0.1, 0.15) is 27.3 Å². The normalized spacial score (nSPS) is 12.1. The van der Waals surface area contributed by atoms with Crippen LogP contribution in [0.25, 0.3) is 22.0 Å². The number of hydrogen-bond donors (Lipinski definition) is 2. The Morgan fingerprint density at radius 3 is 2.31 bits per heavy atom. The Bertz CT molecular complexity index is 1360. The molecule has 0 saturated heterocycles. The molecule has 182 valence electrons. The summed E-state index contributed by atoms with van der Waals surface area (Å²) in [5, 5.41) is 2.80. The number of H-pyrrole nitrogens is 1. The maximum atomic E-state index is 13.3. The van der Waals surface area contributed by atoms with E-state index in [4.69, 9.17) is 4.74 Å². The molecule has 1 amide bonds. The number of aromatic nitrogens is 3. The van der Waals surface area contributed by atoms with Crippen molar-refractivity contribution in [1.82, 2.24) is 20.3 Å². The predicted molar refractivity (Wildman–Crippen MR) is 113 cm³/mol. The second-order valence-corrected chi connectivity index (χ2v) is 7.49. The number of alkyl halides is 6. The maximum Gasteiger partial charge on any atom is 0.433 e. The molecule has 1 aromatic carbocycles. The molecule has 0 radical (unpaired) electrons. The molecular formula is C23H16F6N4O2. The molecule has 12 heteroatoms. The molecule has 0 bridgehead atoms. The van der Waals surface area contributed by atoms with Crippen molar-refractivity contribution in [3.63, 3.8) is 0 Å². The van der Waals surface area contributed by atoms with Crippen LogP contribution in [-0.4, -0.2) is 28.0 Å². The molecule has 4 aromatic rings. The highest BCUT2D eigenvalue weighted by atomic mass is 19.4. The minimum Gasteiger partial charge on any atom is -0.481 e. The van der Waals surface area contributed by atoms with E-state index < -0.39 is 29.6 Å². The number of aromatic amines is 1. The van der Waals surface area contributed by atoms with Gasteiger partial charge < -0.3 is 15.0 Å². The van der Waals surface area contributed by atoms with E-state index in [1.165, 1.54) is 19.4 Å². The summed E-state index contributed by atoms with van der Waals surface area (Å²) in [6.07, 6.45) is -6.99. The highest BCUT2D eigenvalue weighted by Crippen LogP contribution is 2.36. The molecule has 6 nitrogen and oxygen atoms in total. The first kappa shape index (κ1) is 24.0. The summed E-state index contributed by atoms with van der Waals surface area (Å²) in [5.41, 5.74) is -0.562. The van der Waals surface area contributed by atoms with Crippen LogP contribution in [0.5, 0.6) is 5.88 Å². The zero-order chi connectivity index (χ0) is 25.4. The number of methoxy groups -OCH3 is 1. The number of carbonyl (C=O) groups excluding carboxylic acids is 1. The van der Waals surface area contributed by atoms with Crippen molar-refractivity contribution in [2.45, 2.75) is 18.9 Å². The molecular weight excluding hydrogens is 478 g/mol. The van der Waals surface area contributed by atoms with Crippen LogP contribution >= 0.6 is 0 Å². The van der Waals surface area contributed by atoms with Gasteiger partial charge in [0.15, 0.2) is 0 Å². The zero-order valence-corrected chi connectivity index (χ0v) is 17.9. The monoisotopic (exact) mass is 494 g/mol. The summed E-state index contributed by atoms with van der Waals surface area (Å²) in [5.74, 6) is -0.370. The highest BCUT2D eigenvalue weighted by molar-refractivity contribution is 5.96. The number of amides is 1. The minimum absolute atomic E-state index is 0.0975. The van der Waals surface area contributed by atoms with Crippen molar-refractivity contribution in [1.29, 1.82) is 0 Å². The Labute approximate surface area is 194 Å². The minimum atomic E-state index is -4.64. The summed E-state index contributed by atoms with van der Waals surface area (Å²) in [6, 6.07) is 8.89. The molecule has 3 aromatic heterocycles. The Morgan fingerprint density at radius 1 is 0.971 bits per heavy atom. The number of ether oxygens (including phenoxy) is 1. The first-order chi connectivity index (χ1) is 16.5. The molecule has 0 fully saturated rings. The Morgan fingerprint density at radius 2 is 1.74 bits per heavy atom. The molecule has 3 heterocycles. The number of benzene rings is 1. The quantitative estimate of drug-likeness (QED) is 0.354. The number of halogens is 6. The molecule has 0 aliphatic heterocycles.